The zero-order chi connectivity index (χ0) is 19.3. The number of nitrogens with zero attached hydrogens (tertiary/aromatic N) is 1. The van der Waals surface area contributed by atoms with Crippen LogP contribution in [0.3, 0.4) is 0 Å². The molecular formula is C18H19ClN2O5. The maximum absolute atomic E-state index is 12.4. The van der Waals surface area contributed by atoms with Gasteiger partial charge in [0.1, 0.15) is 17.3 Å². The number of methoxy groups -OCH3 is 2. The predicted molar refractivity (Wildman–Crippen MR) is 97.0 cm³/mol. The number of nitrogens with one attached hydrogen (secondary N) is 1. The monoisotopic (exact) mass is 378 g/mol. The number of carbonyl (C=O) groups is 2. The molecule has 1 aromatic carbocycles. The van der Waals surface area contributed by atoms with E-state index < -0.39 is 18.0 Å². The van der Waals surface area contributed by atoms with Crippen LogP contribution in [0.4, 0.5) is 5.82 Å². The molecule has 0 radical (unpaired) electrons. The largest absolute Gasteiger partial charge is 0.496 e. The number of pyridine rings is 1. The van der Waals surface area contributed by atoms with E-state index in [1.807, 2.05) is 6.92 Å². The summed E-state index contributed by atoms with van der Waals surface area (Å²) in [5.41, 5.74) is 0.972. The Morgan fingerprint density at radius 2 is 1.77 bits per heavy atom. The van der Waals surface area contributed by atoms with Crippen LogP contribution >= 0.6 is 11.6 Å². The highest BCUT2D eigenvalue weighted by atomic mass is 35.5. The summed E-state index contributed by atoms with van der Waals surface area (Å²) in [5, 5.41) is 2.99. The van der Waals surface area contributed by atoms with Gasteiger partial charge in [-0.1, -0.05) is 11.6 Å². The number of carbonyl (C=O) groups excluding carboxylic acids is 2. The summed E-state index contributed by atoms with van der Waals surface area (Å²) in [5.74, 6) is 0.0889. The molecule has 2 rings (SSSR count). The molecule has 0 aliphatic carbocycles. The highest BCUT2D eigenvalue weighted by Crippen LogP contribution is 2.29. The molecule has 0 aliphatic rings. The van der Waals surface area contributed by atoms with Crippen molar-refractivity contribution < 1.29 is 23.8 Å². The Kier molecular flexibility index (Phi) is 6.41. The van der Waals surface area contributed by atoms with Crippen molar-refractivity contribution in [3.63, 3.8) is 0 Å². The second kappa shape index (κ2) is 8.53. The van der Waals surface area contributed by atoms with E-state index >= 15 is 0 Å². The van der Waals surface area contributed by atoms with Crippen molar-refractivity contribution in [2.75, 3.05) is 19.5 Å². The van der Waals surface area contributed by atoms with Gasteiger partial charge in [-0.15, -0.1) is 0 Å². The summed E-state index contributed by atoms with van der Waals surface area (Å²) in [6, 6.07) is 6.20. The molecule has 1 amide bonds. The third-order valence-electron chi connectivity index (χ3n) is 3.62. The van der Waals surface area contributed by atoms with Gasteiger partial charge in [-0.2, -0.15) is 0 Å². The zero-order valence-corrected chi connectivity index (χ0v) is 15.6. The maximum atomic E-state index is 12.4. The molecule has 2 aromatic rings. The lowest BCUT2D eigenvalue weighted by atomic mass is 10.1. The molecule has 0 spiro atoms. The lowest BCUT2D eigenvalue weighted by Crippen LogP contribution is -2.30. The maximum Gasteiger partial charge on any atom is 0.339 e. The van der Waals surface area contributed by atoms with Gasteiger partial charge >= 0.3 is 5.97 Å². The summed E-state index contributed by atoms with van der Waals surface area (Å²) in [4.78, 5) is 28.5. The average molecular weight is 379 g/mol. The van der Waals surface area contributed by atoms with E-state index in [1.54, 1.807) is 12.1 Å². The lowest BCUT2D eigenvalue weighted by Gasteiger charge is -2.15. The average Bonchev–Trinajstić information content (AvgIpc) is 2.63. The van der Waals surface area contributed by atoms with E-state index in [4.69, 9.17) is 25.8 Å². The van der Waals surface area contributed by atoms with Crippen molar-refractivity contribution in [3.05, 3.63) is 46.6 Å². The minimum Gasteiger partial charge on any atom is -0.496 e. The first-order valence-electron chi connectivity index (χ1n) is 7.71. The molecule has 1 aromatic heterocycles. The van der Waals surface area contributed by atoms with Crippen molar-refractivity contribution in [2.45, 2.75) is 20.0 Å². The smallest absolute Gasteiger partial charge is 0.339 e. The van der Waals surface area contributed by atoms with Crippen molar-refractivity contribution in [2.24, 2.45) is 0 Å². The molecule has 8 heteroatoms. The van der Waals surface area contributed by atoms with Gasteiger partial charge in [-0.25, -0.2) is 9.78 Å². The number of aromatic nitrogens is 1. The molecule has 0 saturated heterocycles. The van der Waals surface area contributed by atoms with Crippen LogP contribution in [0.5, 0.6) is 11.5 Å². The van der Waals surface area contributed by atoms with Crippen LogP contribution in [0.25, 0.3) is 0 Å². The summed E-state index contributed by atoms with van der Waals surface area (Å²) in [6.07, 6.45) is 0.372. The molecule has 1 N–H and O–H groups in total. The summed E-state index contributed by atoms with van der Waals surface area (Å²) in [6.45, 7) is 3.27. The highest BCUT2D eigenvalue weighted by Gasteiger charge is 2.21. The van der Waals surface area contributed by atoms with Gasteiger partial charge in [0.05, 0.1) is 24.8 Å². The minimum atomic E-state index is -1.03. The van der Waals surface area contributed by atoms with Crippen molar-refractivity contribution in [3.8, 4) is 11.5 Å². The van der Waals surface area contributed by atoms with Gasteiger partial charge in [-0.3, -0.25) is 4.79 Å². The fourth-order valence-electron chi connectivity index (χ4n) is 2.16. The first-order chi connectivity index (χ1) is 12.3. The molecule has 7 nitrogen and oxygen atoms in total. The number of hydrogen-bond acceptors (Lipinski definition) is 6. The number of hydrogen-bond donors (Lipinski definition) is 1. The summed E-state index contributed by atoms with van der Waals surface area (Å²) >= 11 is 5.74. The summed E-state index contributed by atoms with van der Waals surface area (Å²) < 4.78 is 15.7. The number of benzene rings is 1. The van der Waals surface area contributed by atoms with E-state index in [1.165, 1.54) is 39.5 Å². The van der Waals surface area contributed by atoms with E-state index in [0.717, 1.165) is 5.56 Å². The van der Waals surface area contributed by atoms with E-state index in [0.29, 0.717) is 22.3 Å². The van der Waals surface area contributed by atoms with Crippen molar-refractivity contribution in [1.29, 1.82) is 0 Å². The minimum absolute atomic E-state index is 0.216. The molecule has 1 heterocycles. The van der Waals surface area contributed by atoms with Gasteiger partial charge in [0.2, 0.25) is 0 Å². The normalized spacial score (nSPS) is 11.4. The summed E-state index contributed by atoms with van der Waals surface area (Å²) in [7, 11) is 2.98. The van der Waals surface area contributed by atoms with Crippen LogP contribution in [0.15, 0.2) is 30.5 Å². The Bertz CT molecular complexity index is 783. The van der Waals surface area contributed by atoms with Gasteiger partial charge in [0, 0.05) is 11.8 Å². The molecule has 0 saturated carbocycles. The SMILES string of the molecule is COc1cc(C(=O)OC(C)C(=O)Nc2ccc(Cl)cn2)cc(OC)c1C. The van der Waals surface area contributed by atoms with Crippen LogP contribution in [-0.4, -0.2) is 37.2 Å². The molecule has 138 valence electrons. The van der Waals surface area contributed by atoms with Gasteiger partial charge in [-0.05, 0) is 38.1 Å². The van der Waals surface area contributed by atoms with E-state index in [2.05, 4.69) is 10.3 Å². The molecule has 0 bridgehead atoms. The van der Waals surface area contributed by atoms with Crippen LogP contribution < -0.4 is 14.8 Å². The highest BCUT2D eigenvalue weighted by molar-refractivity contribution is 6.30. The Morgan fingerprint density at radius 3 is 2.27 bits per heavy atom. The molecule has 1 unspecified atom stereocenters. The van der Waals surface area contributed by atoms with Gasteiger partial charge < -0.3 is 19.5 Å². The third kappa shape index (κ3) is 4.64. The van der Waals surface area contributed by atoms with E-state index in [9.17, 15) is 9.59 Å². The van der Waals surface area contributed by atoms with E-state index in [-0.39, 0.29) is 5.56 Å². The number of ether oxygens (including phenoxy) is 3. The standard InChI is InChI=1S/C18H19ClN2O5/c1-10-14(24-3)7-12(8-15(10)25-4)18(23)26-11(2)17(22)21-16-6-5-13(19)9-20-16/h5-9,11H,1-4H3,(H,20,21,22). The number of esters is 1. The first kappa shape index (κ1) is 19.5. The Balaban J connectivity index is 2.08. The fourth-order valence-corrected chi connectivity index (χ4v) is 2.28. The molecular weight excluding hydrogens is 360 g/mol. The number of halogens is 1. The van der Waals surface area contributed by atoms with Crippen molar-refractivity contribution in [1.82, 2.24) is 4.98 Å². The second-order valence-electron chi connectivity index (χ2n) is 5.40. The third-order valence-corrected chi connectivity index (χ3v) is 3.84. The van der Waals surface area contributed by atoms with Crippen LogP contribution in [0.1, 0.15) is 22.8 Å². The molecule has 26 heavy (non-hydrogen) atoms. The topological polar surface area (TPSA) is 86.8 Å². The van der Waals surface area contributed by atoms with Crippen molar-refractivity contribution >= 4 is 29.3 Å². The molecule has 0 fully saturated rings. The Morgan fingerprint density at radius 1 is 1.15 bits per heavy atom. The fraction of sp³-hybridized carbons (Fsp3) is 0.278. The van der Waals surface area contributed by atoms with Gasteiger partial charge in [0.15, 0.2) is 6.10 Å². The molecule has 0 aliphatic heterocycles. The second-order valence-corrected chi connectivity index (χ2v) is 5.84. The van der Waals surface area contributed by atoms with Crippen LogP contribution in [-0.2, 0) is 9.53 Å². The number of rotatable bonds is 6. The zero-order valence-electron chi connectivity index (χ0n) is 14.8. The van der Waals surface area contributed by atoms with Crippen LogP contribution in [0, 0.1) is 6.92 Å². The predicted octanol–water partition coefficient (Wildman–Crippen LogP) is 3.24. The number of amides is 1. The number of anilines is 1. The van der Waals surface area contributed by atoms with Crippen LogP contribution in [0.2, 0.25) is 5.02 Å². The molecule has 1 atom stereocenters. The van der Waals surface area contributed by atoms with Gasteiger partial charge in [0.25, 0.3) is 5.91 Å². The first-order valence-corrected chi connectivity index (χ1v) is 8.09. The Labute approximate surface area is 156 Å². The lowest BCUT2D eigenvalue weighted by molar-refractivity contribution is -0.123. The Hall–Kier alpha value is -2.80. The quantitative estimate of drug-likeness (QED) is 0.776.